The molecule has 1 atom stereocenters. The smallest absolute Gasteiger partial charge is 0.407 e. The van der Waals surface area contributed by atoms with Crippen LogP contribution in [0.5, 0.6) is 5.75 Å². The summed E-state index contributed by atoms with van der Waals surface area (Å²) in [5.74, 6) is 2.49. The lowest BCUT2D eigenvalue weighted by molar-refractivity contribution is 0.238. The predicted octanol–water partition coefficient (Wildman–Crippen LogP) is 4.15. The van der Waals surface area contributed by atoms with Crippen molar-refractivity contribution in [2.24, 2.45) is 0 Å². The zero-order valence-electron chi connectivity index (χ0n) is 19.2. The van der Waals surface area contributed by atoms with Crippen LogP contribution in [0.4, 0.5) is 5.82 Å². The molecule has 1 fully saturated rings. The third-order valence-corrected chi connectivity index (χ3v) is 6.61. The zero-order valence-corrected chi connectivity index (χ0v) is 20.0. The zero-order chi connectivity index (χ0) is 24.4. The maximum absolute atomic E-state index is 10.3. The first-order valence-corrected chi connectivity index (χ1v) is 11.9. The second-order valence-corrected chi connectivity index (χ2v) is 9.02. The maximum Gasteiger partial charge on any atom is 0.407 e. The van der Waals surface area contributed by atoms with Crippen molar-refractivity contribution >= 4 is 35.5 Å². The lowest BCUT2D eigenvalue weighted by atomic mass is 9.79. The molecule has 1 aliphatic rings. The largest absolute Gasteiger partial charge is 0.487 e. The van der Waals surface area contributed by atoms with Crippen LogP contribution in [0, 0.1) is 0 Å². The molecule has 5 rings (SSSR count). The van der Waals surface area contributed by atoms with E-state index in [2.05, 4.69) is 16.5 Å². The van der Waals surface area contributed by atoms with Gasteiger partial charge in [-0.25, -0.2) is 14.6 Å². The first-order chi connectivity index (χ1) is 17.0. The number of nitrogens with two attached hydrogens (primary N) is 1. The molecular formula is C25H26BClN6O2. The average Bonchev–Trinajstić information content (AvgIpc) is 3.29. The summed E-state index contributed by atoms with van der Waals surface area (Å²) in [6.07, 6.45) is 3.28. The van der Waals surface area contributed by atoms with Crippen LogP contribution in [0.25, 0.3) is 22.3 Å². The maximum atomic E-state index is 10.3. The average molecular weight is 489 g/mol. The van der Waals surface area contributed by atoms with Crippen LogP contribution >= 0.6 is 11.6 Å². The molecule has 3 N–H and O–H groups in total. The van der Waals surface area contributed by atoms with E-state index < -0.39 is 7.05 Å². The van der Waals surface area contributed by atoms with Gasteiger partial charge in [0.2, 0.25) is 0 Å². The molecule has 0 saturated carbocycles. The van der Waals surface area contributed by atoms with Gasteiger partial charge in [-0.2, -0.15) is 5.10 Å². The summed E-state index contributed by atoms with van der Waals surface area (Å²) in [7, 11) is -0.693. The van der Waals surface area contributed by atoms with Crippen molar-refractivity contribution in [1.82, 2.24) is 24.6 Å². The van der Waals surface area contributed by atoms with E-state index in [1.54, 1.807) is 5.98 Å². The fourth-order valence-corrected chi connectivity index (χ4v) is 4.76. The van der Waals surface area contributed by atoms with Crippen LogP contribution in [0.1, 0.15) is 24.4 Å². The Morgan fingerprint density at radius 3 is 2.83 bits per heavy atom. The minimum atomic E-state index is -0.693. The summed E-state index contributed by atoms with van der Waals surface area (Å²) in [5, 5.41) is 16.4. The summed E-state index contributed by atoms with van der Waals surface area (Å²) < 4.78 is 7.83. The SMILES string of the molecule is C=CB(O)N1CCC[C@@H](n2nc(-c3ccc(OCc4ccccc4)c(Cl)c3)c3c(N)ncnc32)C1. The number of aromatic nitrogens is 4. The van der Waals surface area contributed by atoms with Crippen LogP contribution in [0.3, 0.4) is 0 Å². The number of hydrogen-bond donors (Lipinski definition) is 2. The fourth-order valence-electron chi connectivity index (χ4n) is 4.52. The van der Waals surface area contributed by atoms with E-state index in [9.17, 15) is 5.02 Å². The molecule has 35 heavy (non-hydrogen) atoms. The Morgan fingerprint density at radius 1 is 1.23 bits per heavy atom. The number of ether oxygens (including phenoxy) is 1. The van der Waals surface area contributed by atoms with Gasteiger partial charge in [0, 0.05) is 12.1 Å². The fraction of sp³-hybridized carbons (Fsp3) is 0.240. The minimum Gasteiger partial charge on any atom is -0.487 e. The van der Waals surface area contributed by atoms with Crippen LogP contribution in [-0.4, -0.2) is 49.7 Å². The number of fused-ring (bicyclic) bond motifs is 1. The topological polar surface area (TPSA) is 102 Å². The van der Waals surface area contributed by atoms with Crippen molar-refractivity contribution in [3.8, 4) is 17.0 Å². The number of benzene rings is 2. The normalized spacial score (nSPS) is 16.3. The second kappa shape index (κ2) is 10.1. The first kappa shape index (κ1) is 23.4. The highest BCUT2D eigenvalue weighted by molar-refractivity contribution is 6.53. The third-order valence-electron chi connectivity index (χ3n) is 6.32. The van der Waals surface area contributed by atoms with Gasteiger partial charge in [-0.3, -0.25) is 0 Å². The molecule has 0 aliphatic carbocycles. The molecule has 0 unspecified atom stereocenters. The van der Waals surface area contributed by atoms with Gasteiger partial charge in [0.05, 0.1) is 16.5 Å². The van der Waals surface area contributed by atoms with Crippen molar-refractivity contribution in [3.63, 3.8) is 0 Å². The molecule has 0 spiro atoms. The quantitative estimate of drug-likeness (QED) is 0.377. The van der Waals surface area contributed by atoms with Crippen molar-refractivity contribution in [3.05, 3.63) is 78.0 Å². The van der Waals surface area contributed by atoms with E-state index in [0.717, 1.165) is 30.5 Å². The van der Waals surface area contributed by atoms with E-state index in [1.165, 1.54) is 6.33 Å². The molecular weight excluding hydrogens is 463 g/mol. The van der Waals surface area contributed by atoms with Crippen LogP contribution in [0.15, 0.2) is 67.4 Å². The van der Waals surface area contributed by atoms with Crippen molar-refractivity contribution in [2.75, 3.05) is 18.8 Å². The highest BCUT2D eigenvalue weighted by Crippen LogP contribution is 2.37. The molecule has 1 aliphatic heterocycles. The van der Waals surface area contributed by atoms with Crippen molar-refractivity contribution in [2.45, 2.75) is 25.5 Å². The van der Waals surface area contributed by atoms with Gasteiger partial charge in [-0.15, -0.1) is 6.58 Å². The summed E-state index contributed by atoms with van der Waals surface area (Å²) in [5.41, 5.74) is 9.47. The predicted molar refractivity (Wildman–Crippen MR) is 139 cm³/mol. The Kier molecular flexibility index (Phi) is 6.72. The van der Waals surface area contributed by atoms with E-state index >= 15 is 0 Å². The van der Waals surface area contributed by atoms with Crippen LogP contribution in [-0.2, 0) is 6.61 Å². The molecule has 10 heteroatoms. The summed E-state index contributed by atoms with van der Waals surface area (Å²) in [6.45, 7) is 5.56. The standard InChI is InChI=1S/C25H26BClN6O2/c1-2-26(34)32-12-6-9-19(14-32)33-25-22(24(28)29-16-30-25)23(31-33)18-10-11-21(20(27)13-18)35-15-17-7-4-3-5-8-17/h2-5,7-8,10-11,13,16,19,34H,1,6,9,12,14-15H2,(H2,28,29,30)/t19-/m1/s1. The lowest BCUT2D eigenvalue weighted by Gasteiger charge is -2.33. The number of halogens is 1. The third kappa shape index (κ3) is 4.75. The number of nitrogen functional groups attached to an aromatic ring is 1. The molecule has 2 aromatic heterocycles. The Balaban J connectivity index is 1.48. The molecule has 0 bridgehead atoms. The summed E-state index contributed by atoms with van der Waals surface area (Å²) in [4.78, 5) is 10.7. The summed E-state index contributed by atoms with van der Waals surface area (Å²) >= 11 is 6.60. The molecule has 2 aromatic carbocycles. The Morgan fingerprint density at radius 2 is 2.06 bits per heavy atom. The Bertz CT molecular complexity index is 1350. The number of hydrogen-bond acceptors (Lipinski definition) is 7. The number of rotatable bonds is 7. The molecule has 0 amide bonds. The van der Waals surface area contributed by atoms with Gasteiger partial charge >= 0.3 is 7.05 Å². The van der Waals surface area contributed by atoms with Gasteiger partial charge in [-0.1, -0.05) is 47.9 Å². The number of piperidine rings is 1. The van der Waals surface area contributed by atoms with Crippen LogP contribution in [0.2, 0.25) is 5.02 Å². The van der Waals surface area contributed by atoms with E-state index in [1.807, 2.05) is 58.0 Å². The van der Waals surface area contributed by atoms with E-state index in [0.29, 0.717) is 46.5 Å². The lowest BCUT2D eigenvalue weighted by Crippen LogP contribution is -2.45. The van der Waals surface area contributed by atoms with Crippen molar-refractivity contribution < 1.29 is 9.76 Å². The Labute approximate surface area is 209 Å². The highest BCUT2D eigenvalue weighted by Gasteiger charge is 2.30. The molecule has 0 radical (unpaired) electrons. The van der Waals surface area contributed by atoms with Gasteiger partial charge in [0.1, 0.15) is 30.2 Å². The molecule has 3 heterocycles. The van der Waals surface area contributed by atoms with Crippen molar-refractivity contribution in [1.29, 1.82) is 0 Å². The van der Waals surface area contributed by atoms with Gasteiger partial charge in [-0.05, 0) is 43.1 Å². The van der Waals surface area contributed by atoms with Crippen LogP contribution < -0.4 is 10.5 Å². The second-order valence-electron chi connectivity index (χ2n) is 8.61. The number of nitrogens with zero attached hydrogens (tertiary/aromatic N) is 5. The molecule has 4 aromatic rings. The molecule has 8 nitrogen and oxygen atoms in total. The van der Waals surface area contributed by atoms with Gasteiger partial charge in [0.25, 0.3) is 0 Å². The number of anilines is 1. The monoisotopic (exact) mass is 488 g/mol. The Hall–Kier alpha value is -3.40. The summed E-state index contributed by atoms with van der Waals surface area (Å²) in [6, 6.07) is 15.5. The minimum absolute atomic E-state index is 0.0212. The van der Waals surface area contributed by atoms with E-state index in [-0.39, 0.29) is 6.04 Å². The van der Waals surface area contributed by atoms with Gasteiger partial charge < -0.3 is 20.3 Å². The first-order valence-electron chi connectivity index (χ1n) is 11.5. The van der Waals surface area contributed by atoms with E-state index in [4.69, 9.17) is 27.2 Å². The molecule has 178 valence electrons. The molecule has 1 saturated heterocycles. The van der Waals surface area contributed by atoms with Gasteiger partial charge in [0.15, 0.2) is 5.65 Å². The highest BCUT2D eigenvalue weighted by atomic mass is 35.5.